The second kappa shape index (κ2) is 13.0. The molecule has 2 aromatic heterocycles. The third kappa shape index (κ3) is 6.59. The molecule has 1 fully saturated rings. The van der Waals surface area contributed by atoms with Crippen LogP contribution in [0.2, 0.25) is 0 Å². The molecule has 0 aliphatic carbocycles. The molecule has 13 nitrogen and oxygen atoms in total. The predicted molar refractivity (Wildman–Crippen MR) is 173 cm³/mol. The Morgan fingerprint density at radius 1 is 1.19 bits per heavy atom. The SMILES string of the molecule is COc1c(Nc2cc(C)[nH]n2)nc(Sc2ccc(S(=O)(=O)C(C)(C)c3cccc([N+](=O)[O-])c3F)cc2F)nc1N1CC[C@H](N(C)C)C1. The summed E-state index contributed by atoms with van der Waals surface area (Å²) in [6.07, 6.45) is 0.894. The zero-order valence-corrected chi connectivity index (χ0v) is 28.2. The number of hydrogen-bond donors (Lipinski definition) is 2. The van der Waals surface area contributed by atoms with Crippen molar-refractivity contribution in [2.45, 2.75) is 52.9 Å². The van der Waals surface area contributed by atoms with E-state index in [4.69, 9.17) is 9.72 Å². The fourth-order valence-electron chi connectivity index (χ4n) is 5.31. The summed E-state index contributed by atoms with van der Waals surface area (Å²) < 4.78 is 61.9. The number of rotatable bonds is 11. The van der Waals surface area contributed by atoms with E-state index in [1.165, 1.54) is 39.2 Å². The van der Waals surface area contributed by atoms with Gasteiger partial charge in [0.2, 0.25) is 11.6 Å². The van der Waals surface area contributed by atoms with Gasteiger partial charge in [0.05, 0.1) is 26.6 Å². The fourth-order valence-corrected chi connectivity index (χ4v) is 7.61. The second-order valence-electron chi connectivity index (χ2n) is 11.7. The Morgan fingerprint density at radius 2 is 1.94 bits per heavy atom. The zero-order valence-electron chi connectivity index (χ0n) is 26.5. The van der Waals surface area contributed by atoms with Gasteiger partial charge < -0.3 is 19.9 Å². The number of ether oxygens (including phenoxy) is 1. The van der Waals surface area contributed by atoms with Gasteiger partial charge in [0, 0.05) is 42.5 Å². The molecule has 0 saturated carbocycles. The summed E-state index contributed by atoms with van der Waals surface area (Å²) in [7, 11) is 1.09. The average molecular weight is 689 g/mol. The maximum Gasteiger partial charge on any atom is 0.305 e. The number of nitrogens with one attached hydrogen (secondary N) is 2. The minimum Gasteiger partial charge on any atom is -0.490 e. The van der Waals surface area contributed by atoms with Crippen molar-refractivity contribution in [3.63, 3.8) is 0 Å². The van der Waals surface area contributed by atoms with Crippen LogP contribution < -0.4 is 15.0 Å². The number of aromatic amines is 1. The van der Waals surface area contributed by atoms with E-state index >= 15 is 8.78 Å². The first-order chi connectivity index (χ1) is 22.1. The van der Waals surface area contributed by atoms with E-state index in [-0.39, 0.29) is 16.1 Å². The molecule has 5 rings (SSSR count). The van der Waals surface area contributed by atoms with Gasteiger partial charge >= 0.3 is 5.69 Å². The molecule has 0 bridgehead atoms. The standard InChI is InChI=1S/C30H34F2N8O5S2/c1-17-14-24(37-36-17)33-27-26(45-6)28(39-13-12-18(16-39)38(4)5)35-29(34-27)46-23-11-10-19(15-21(23)31)47(43,44)30(2,3)20-8-7-9-22(25(20)32)40(41)42/h7-11,14-15,18H,12-13,16H2,1-6H3,(H2,33,34,35,36,37)/t18-/m0/s1. The van der Waals surface area contributed by atoms with Crippen LogP contribution in [0, 0.1) is 28.7 Å². The molecule has 0 spiro atoms. The average Bonchev–Trinajstić information content (AvgIpc) is 3.67. The smallest absolute Gasteiger partial charge is 0.305 e. The van der Waals surface area contributed by atoms with Crippen LogP contribution in [-0.2, 0) is 14.6 Å². The van der Waals surface area contributed by atoms with E-state index in [1.54, 1.807) is 6.07 Å². The zero-order chi connectivity index (χ0) is 34.3. The van der Waals surface area contributed by atoms with Crippen LogP contribution in [0.5, 0.6) is 5.75 Å². The van der Waals surface area contributed by atoms with Crippen LogP contribution >= 0.6 is 11.8 Å². The van der Waals surface area contributed by atoms with Gasteiger partial charge in [-0.2, -0.15) is 9.49 Å². The van der Waals surface area contributed by atoms with Gasteiger partial charge in [-0.15, -0.1) is 0 Å². The highest BCUT2D eigenvalue weighted by atomic mass is 32.2. The first-order valence-electron chi connectivity index (χ1n) is 14.5. The number of nitro benzene ring substituents is 1. The Morgan fingerprint density at radius 3 is 2.53 bits per heavy atom. The van der Waals surface area contributed by atoms with Gasteiger partial charge in [0.25, 0.3) is 0 Å². The van der Waals surface area contributed by atoms with Crippen LogP contribution in [0.15, 0.2) is 57.4 Å². The van der Waals surface area contributed by atoms with E-state index in [9.17, 15) is 18.5 Å². The number of hydrogen-bond acceptors (Lipinski definition) is 12. The Balaban J connectivity index is 1.50. The molecule has 1 aliphatic heterocycles. The van der Waals surface area contributed by atoms with Gasteiger partial charge in [-0.1, -0.05) is 12.1 Å². The topological polar surface area (TPSA) is 159 Å². The predicted octanol–water partition coefficient (Wildman–Crippen LogP) is 5.45. The molecule has 0 radical (unpaired) electrons. The molecule has 3 heterocycles. The molecule has 1 atom stereocenters. The quantitative estimate of drug-likeness (QED) is 0.117. The monoisotopic (exact) mass is 688 g/mol. The van der Waals surface area contributed by atoms with E-state index < -0.39 is 47.3 Å². The molecule has 17 heteroatoms. The number of sulfone groups is 1. The third-order valence-electron chi connectivity index (χ3n) is 8.09. The molecule has 1 saturated heterocycles. The van der Waals surface area contributed by atoms with Gasteiger partial charge in [0.1, 0.15) is 5.82 Å². The second-order valence-corrected chi connectivity index (χ2v) is 15.2. The lowest BCUT2D eigenvalue weighted by Crippen LogP contribution is -2.32. The summed E-state index contributed by atoms with van der Waals surface area (Å²) in [4.78, 5) is 23.5. The molecule has 2 N–H and O–H groups in total. The Labute approximate surface area is 274 Å². The van der Waals surface area contributed by atoms with Crippen molar-refractivity contribution in [2.24, 2.45) is 0 Å². The lowest BCUT2D eigenvalue weighted by molar-refractivity contribution is -0.387. The number of likely N-dealkylation sites (N-methyl/N-ethyl adjacent to an activating group) is 1. The van der Waals surface area contributed by atoms with Crippen molar-refractivity contribution in [1.82, 2.24) is 25.1 Å². The molecule has 2 aromatic carbocycles. The number of benzene rings is 2. The van der Waals surface area contributed by atoms with E-state index in [0.717, 1.165) is 42.1 Å². The van der Waals surface area contributed by atoms with Crippen LogP contribution in [0.1, 0.15) is 31.5 Å². The highest BCUT2D eigenvalue weighted by Gasteiger charge is 2.41. The van der Waals surface area contributed by atoms with Gasteiger partial charge in [-0.3, -0.25) is 15.2 Å². The highest BCUT2D eigenvalue weighted by molar-refractivity contribution is 7.99. The number of aromatic nitrogens is 4. The highest BCUT2D eigenvalue weighted by Crippen LogP contribution is 2.42. The minimum absolute atomic E-state index is 0.0357. The Kier molecular flexibility index (Phi) is 9.43. The normalized spacial score (nSPS) is 15.3. The number of nitrogens with zero attached hydrogens (tertiary/aromatic N) is 6. The first kappa shape index (κ1) is 34.0. The van der Waals surface area contributed by atoms with Gasteiger partial charge in [-0.05, 0) is 71.2 Å². The van der Waals surface area contributed by atoms with Gasteiger partial charge in [0.15, 0.2) is 32.4 Å². The van der Waals surface area contributed by atoms with Crippen LogP contribution in [-0.4, -0.2) is 78.7 Å². The number of anilines is 3. The van der Waals surface area contributed by atoms with Crippen molar-refractivity contribution >= 4 is 44.7 Å². The molecular weight excluding hydrogens is 655 g/mol. The van der Waals surface area contributed by atoms with E-state index in [1.807, 2.05) is 21.0 Å². The van der Waals surface area contributed by atoms with E-state index in [2.05, 4.69) is 30.3 Å². The molecule has 4 aromatic rings. The molecule has 47 heavy (non-hydrogen) atoms. The Bertz CT molecular complexity index is 1940. The maximum atomic E-state index is 15.7. The van der Waals surface area contributed by atoms with Crippen molar-refractivity contribution in [1.29, 1.82) is 0 Å². The van der Waals surface area contributed by atoms with Crippen LogP contribution in [0.25, 0.3) is 0 Å². The van der Waals surface area contributed by atoms with Crippen molar-refractivity contribution in [3.05, 3.63) is 75.5 Å². The summed E-state index contributed by atoms with van der Waals surface area (Å²) in [5, 5.41) is 21.7. The van der Waals surface area contributed by atoms with Crippen molar-refractivity contribution in [3.8, 4) is 5.75 Å². The number of halogens is 2. The minimum atomic E-state index is -4.44. The number of nitro groups is 1. The van der Waals surface area contributed by atoms with Crippen LogP contribution in [0.4, 0.5) is 31.9 Å². The molecule has 0 amide bonds. The first-order valence-corrected chi connectivity index (χ1v) is 16.8. The third-order valence-corrected chi connectivity index (χ3v) is 11.4. The van der Waals surface area contributed by atoms with Crippen LogP contribution in [0.3, 0.4) is 0 Å². The summed E-state index contributed by atoms with van der Waals surface area (Å²) >= 11 is 0.886. The fraction of sp³-hybridized carbons (Fsp3) is 0.367. The number of H-pyrrole nitrogens is 1. The summed E-state index contributed by atoms with van der Waals surface area (Å²) in [5.41, 5.74) is -0.447. The summed E-state index contributed by atoms with van der Waals surface area (Å²) in [5.74, 6) is -0.469. The summed E-state index contributed by atoms with van der Waals surface area (Å²) in [6.45, 7) is 5.65. The van der Waals surface area contributed by atoms with Crippen molar-refractivity contribution < 1.29 is 26.9 Å². The maximum absolute atomic E-state index is 15.7. The van der Waals surface area contributed by atoms with E-state index in [0.29, 0.717) is 36.3 Å². The van der Waals surface area contributed by atoms with Gasteiger partial charge in [-0.25, -0.2) is 22.8 Å². The van der Waals surface area contributed by atoms with Crippen molar-refractivity contribution in [2.75, 3.05) is 44.5 Å². The lowest BCUT2D eigenvalue weighted by Gasteiger charge is -2.26. The summed E-state index contributed by atoms with van der Waals surface area (Å²) in [6, 6.07) is 8.70. The molecule has 250 valence electrons. The number of methoxy groups -OCH3 is 1. The molecule has 1 aliphatic rings. The number of aryl methyl sites for hydroxylation is 1. The Hall–Kier alpha value is -4.35. The lowest BCUT2D eigenvalue weighted by atomic mass is 10.0. The molecule has 0 unspecified atom stereocenters. The largest absolute Gasteiger partial charge is 0.490 e. The molecular formula is C30H34F2N8O5S2.